The van der Waals surface area contributed by atoms with Gasteiger partial charge in [0.2, 0.25) is 11.8 Å². The molecule has 0 aliphatic carbocycles. The lowest BCUT2D eigenvalue weighted by Gasteiger charge is -2.29. The van der Waals surface area contributed by atoms with Crippen molar-refractivity contribution in [3.8, 4) is 11.5 Å². The third-order valence-corrected chi connectivity index (χ3v) is 5.12. The summed E-state index contributed by atoms with van der Waals surface area (Å²) in [5.74, 6) is 1.18. The summed E-state index contributed by atoms with van der Waals surface area (Å²) in [5.41, 5.74) is 4.24. The zero-order valence-corrected chi connectivity index (χ0v) is 17.0. The van der Waals surface area contributed by atoms with E-state index in [0.717, 1.165) is 24.2 Å². The van der Waals surface area contributed by atoms with Crippen LogP contribution < -0.4 is 10.6 Å². The van der Waals surface area contributed by atoms with E-state index in [1.807, 2.05) is 47.4 Å². The van der Waals surface area contributed by atoms with Gasteiger partial charge in [-0.15, -0.1) is 0 Å². The fraction of sp³-hybridized carbons (Fsp3) is 0.261. The van der Waals surface area contributed by atoms with Gasteiger partial charge in [0.1, 0.15) is 6.26 Å². The first-order valence-electron chi connectivity index (χ1n) is 10.0. The normalized spacial score (nSPS) is 13.6. The Labute approximate surface area is 175 Å². The van der Waals surface area contributed by atoms with Gasteiger partial charge in [0.05, 0.1) is 18.8 Å². The number of amides is 1. The number of aliphatic imine (C=N–C) groups is 1. The molecule has 4 rings (SSSR count). The molecule has 154 valence electrons. The third kappa shape index (κ3) is 4.68. The highest BCUT2D eigenvalue weighted by Crippen LogP contribution is 2.19. The number of benzene rings is 2. The van der Waals surface area contributed by atoms with Crippen LogP contribution in [0.5, 0.6) is 0 Å². The van der Waals surface area contributed by atoms with Gasteiger partial charge in [0, 0.05) is 25.7 Å². The Balaban J connectivity index is 1.26. The fourth-order valence-corrected chi connectivity index (χ4v) is 3.48. The maximum atomic E-state index is 12.6. The van der Waals surface area contributed by atoms with E-state index in [1.165, 1.54) is 11.1 Å². The second kappa shape index (κ2) is 9.26. The van der Waals surface area contributed by atoms with E-state index in [1.54, 1.807) is 13.3 Å². The first-order valence-corrected chi connectivity index (χ1v) is 10.0. The van der Waals surface area contributed by atoms with Gasteiger partial charge in [-0.2, -0.15) is 0 Å². The van der Waals surface area contributed by atoms with E-state index in [0.29, 0.717) is 24.9 Å². The summed E-state index contributed by atoms with van der Waals surface area (Å²) in [5, 5.41) is 6.26. The Bertz CT molecular complexity index is 1030. The highest BCUT2D eigenvalue weighted by molar-refractivity contribution is 5.86. The first-order chi connectivity index (χ1) is 14.7. The molecule has 7 nitrogen and oxygen atoms in total. The minimum absolute atomic E-state index is 0.0558. The van der Waals surface area contributed by atoms with Crippen LogP contribution in [0.2, 0.25) is 0 Å². The van der Waals surface area contributed by atoms with Crippen LogP contribution in [0.4, 0.5) is 0 Å². The highest BCUT2D eigenvalue weighted by atomic mass is 16.3. The second-order valence-electron chi connectivity index (χ2n) is 7.12. The Kier molecular flexibility index (Phi) is 6.08. The molecule has 0 radical (unpaired) electrons. The largest absolute Gasteiger partial charge is 0.444 e. The predicted octanol–water partition coefficient (Wildman–Crippen LogP) is 2.59. The number of aromatic nitrogens is 1. The molecule has 1 aliphatic heterocycles. The molecule has 0 unspecified atom stereocenters. The number of carbonyl (C=O) groups excluding carboxylic acids is 1. The van der Waals surface area contributed by atoms with Crippen LogP contribution in [0.25, 0.3) is 11.5 Å². The van der Waals surface area contributed by atoms with E-state index < -0.39 is 0 Å². The Morgan fingerprint density at radius 3 is 2.67 bits per heavy atom. The SMILES string of the molecule is CN=C(NCC(=O)N1CCc2ccccc2C1)NCc1coc(-c2ccccc2)n1. The molecule has 0 saturated carbocycles. The smallest absolute Gasteiger partial charge is 0.242 e. The summed E-state index contributed by atoms with van der Waals surface area (Å²) in [6.07, 6.45) is 2.52. The van der Waals surface area contributed by atoms with Crippen LogP contribution in [0.3, 0.4) is 0 Å². The van der Waals surface area contributed by atoms with Crippen molar-refractivity contribution in [2.24, 2.45) is 4.99 Å². The standard InChI is InChI=1S/C23H25N5O2/c1-24-23(25-13-20-16-30-22(27-20)18-8-3-2-4-9-18)26-14-21(29)28-12-11-17-7-5-6-10-19(17)15-28/h2-10,16H,11-15H2,1H3,(H2,24,25,26). The number of carbonyl (C=O) groups is 1. The lowest BCUT2D eigenvalue weighted by atomic mass is 10.00. The summed E-state index contributed by atoms with van der Waals surface area (Å²) < 4.78 is 5.55. The molecule has 0 atom stereocenters. The number of fused-ring (bicyclic) bond motifs is 1. The molecule has 2 heterocycles. The van der Waals surface area contributed by atoms with Crippen LogP contribution in [0.1, 0.15) is 16.8 Å². The van der Waals surface area contributed by atoms with E-state index in [4.69, 9.17) is 4.42 Å². The number of hydrogen-bond acceptors (Lipinski definition) is 4. The van der Waals surface area contributed by atoms with Gasteiger partial charge in [0.25, 0.3) is 0 Å². The summed E-state index contributed by atoms with van der Waals surface area (Å²) in [4.78, 5) is 23.2. The minimum atomic E-state index is 0.0558. The van der Waals surface area contributed by atoms with Crippen molar-refractivity contribution < 1.29 is 9.21 Å². The van der Waals surface area contributed by atoms with Crippen LogP contribution >= 0.6 is 0 Å². The maximum Gasteiger partial charge on any atom is 0.242 e. The Morgan fingerprint density at radius 2 is 1.87 bits per heavy atom. The fourth-order valence-electron chi connectivity index (χ4n) is 3.48. The van der Waals surface area contributed by atoms with Gasteiger partial charge < -0.3 is 20.0 Å². The topological polar surface area (TPSA) is 82.8 Å². The van der Waals surface area contributed by atoms with Crippen LogP contribution in [0, 0.1) is 0 Å². The summed E-state index contributed by atoms with van der Waals surface area (Å²) in [6, 6.07) is 18.0. The van der Waals surface area contributed by atoms with E-state index in [2.05, 4.69) is 32.7 Å². The van der Waals surface area contributed by atoms with Gasteiger partial charge in [-0.1, -0.05) is 42.5 Å². The van der Waals surface area contributed by atoms with Crippen molar-refractivity contribution in [2.75, 3.05) is 20.1 Å². The first kappa shape index (κ1) is 19.7. The lowest BCUT2D eigenvalue weighted by molar-refractivity contribution is -0.130. The van der Waals surface area contributed by atoms with Crippen molar-refractivity contribution in [1.82, 2.24) is 20.5 Å². The van der Waals surface area contributed by atoms with Crippen LogP contribution in [-0.2, 0) is 24.3 Å². The average Bonchev–Trinajstić information content (AvgIpc) is 3.28. The van der Waals surface area contributed by atoms with Gasteiger partial charge in [-0.05, 0) is 29.7 Å². The number of nitrogens with zero attached hydrogens (tertiary/aromatic N) is 3. The summed E-state index contributed by atoms with van der Waals surface area (Å²) >= 11 is 0. The molecule has 1 aromatic heterocycles. The Morgan fingerprint density at radius 1 is 1.10 bits per heavy atom. The quantitative estimate of drug-likeness (QED) is 0.505. The Hall–Kier alpha value is -3.61. The van der Waals surface area contributed by atoms with Gasteiger partial charge in [0.15, 0.2) is 5.96 Å². The van der Waals surface area contributed by atoms with Crippen molar-refractivity contribution >= 4 is 11.9 Å². The van der Waals surface area contributed by atoms with Crippen LogP contribution in [-0.4, -0.2) is 41.9 Å². The van der Waals surface area contributed by atoms with E-state index >= 15 is 0 Å². The molecule has 2 aromatic carbocycles. The van der Waals surface area contributed by atoms with Crippen molar-refractivity contribution in [1.29, 1.82) is 0 Å². The molecule has 1 amide bonds. The molecule has 0 saturated heterocycles. The molecule has 1 aliphatic rings. The lowest BCUT2D eigenvalue weighted by Crippen LogP contribution is -2.45. The van der Waals surface area contributed by atoms with Crippen molar-refractivity contribution in [3.63, 3.8) is 0 Å². The summed E-state index contributed by atoms with van der Waals surface area (Å²) in [7, 11) is 1.68. The highest BCUT2D eigenvalue weighted by Gasteiger charge is 2.20. The van der Waals surface area contributed by atoms with E-state index in [9.17, 15) is 4.79 Å². The molecule has 7 heteroatoms. The molecule has 30 heavy (non-hydrogen) atoms. The molecule has 0 bridgehead atoms. The van der Waals surface area contributed by atoms with Crippen molar-refractivity contribution in [2.45, 2.75) is 19.5 Å². The van der Waals surface area contributed by atoms with Crippen molar-refractivity contribution in [3.05, 3.63) is 77.7 Å². The molecule has 2 N–H and O–H groups in total. The summed E-state index contributed by atoms with van der Waals surface area (Å²) in [6.45, 7) is 2.03. The number of guanidine groups is 1. The number of nitrogens with one attached hydrogen (secondary N) is 2. The van der Waals surface area contributed by atoms with Gasteiger partial charge in [-0.3, -0.25) is 9.79 Å². The van der Waals surface area contributed by atoms with Gasteiger partial charge in [-0.25, -0.2) is 4.98 Å². The third-order valence-electron chi connectivity index (χ3n) is 5.12. The second-order valence-corrected chi connectivity index (χ2v) is 7.12. The number of oxazole rings is 1. The van der Waals surface area contributed by atoms with E-state index in [-0.39, 0.29) is 12.5 Å². The molecule has 0 spiro atoms. The molecule has 3 aromatic rings. The maximum absolute atomic E-state index is 12.6. The molecule has 0 fully saturated rings. The monoisotopic (exact) mass is 403 g/mol. The molecular weight excluding hydrogens is 378 g/mol. The number of hydrogen-bond donors (Lipinski definition) is 2. The van der Waals surface area contributed by atoms with Gasteiger partial charge >= 0.3 is 0 Å². The predicted molar refractivity (Wildman–Crippen MR) is 116 cm³/mol. The zero-order chi connectivity index (χ0) is 20.8. The average molecular weight is 403 g/mol. The molecular formula is C23H25N5O2. The van der Waals surface area contributed by atoms with Crippen LogP contribution in [0.15, 0.2) is 70.3 Å². The minimum Gasteiger partial charge on any atom is -0.444 e. The zero-order valence-electron chi connectivity index (χ0n) is 17.0. The number of rotatable bonds is 5.